The van der Waals surface area contributed by atoms with Gasteiger partial charge in [-0.1, -0.05) is 0 Å². The lowest BCUT2D eigenvalue weighted by molar-refractivity contribution is 0.264. The summed E-state index contributed by atoms with van der Waals surface area (Å²) in [5.74, 6) is 1.69. The third kappa shape index (κ3) is 4.74. The van der Waals surface area contributed by atoms with E-state index in [1.807, 2.05) is 0 Å². The van der Waals surface area contributed by atoms with Crippen LogP contribution in [0.25, 0.3) is 0 Å². The van der Waals surface area contributed by atoms with Gasteiger partial charge in [-0.3, -0.25) is 4.21 Å². The van der Waals surface area contributed by atoms with Gasteiger partial charge in [-0.15, -0.1) is 0 Å². The number of hydrogen-bond acceptors (Lipinski definition) is 3. The highest BCUT2D eigenvalue weighted by Gasteiger charge is 2.13. The SMILES string of the molecule is O=S1CCN(CCCCCO)CC1. The fraction of sp³-hybridized carbons (Fsp3) is 1.00. The van der Waals surface area contributed by atoms with Crippen LogP contribution in [-0.2, 0) is 10.8 Å². The normalized spacial score (nSPS) is 20.7. The minimum Gasteiger partial charge on any atom is -0.396 e. The zero-order valence-electron chi connectivity index (χ0n) is 8.07. The second-order valence-electron chi connectivity index (χ2n) is 3.47. The summed E-state index contributed by atoms with van der Waals surface area (Å²) in [7, 11) is -0.551. The third-order valence-corrected chi connectivity index (χ3v) is 3.68. The summed E-state index contributed by atoms with van der Waals surface area (Å²) in [5.41, 5.74) is 0. The average Bonchev–Trinajstić information content (AvgIpc) is 2.15. The van der Waals surface area contributed by atoms with Crippen LogP contribution in [0.1, 0.15) is 19.3 Å². The predicted octanol–water partition coefficient (Wildman–Crippen LogP) is 0.213. The molecule has 0 saturated carbocycles. The van der Waals surface area contributed by atoms with E-state index in [0.29, 0.717) is 6.61 Å². The molecular weight excluding hydrogens is 186 g/mol. The molecule has 0 spiro atoms. The van der Waals surface area contributed by atoms with Gasteiger partial charge in [-0.05, 0) is 25.8 Å². The molecule has 1 N–H and O–H groups in total. The molecule has 0 amide bonds. The van der Waals surface area contributed by atoms with Gasteiger partial charge in [0.25, 0.3) is 0 Å². The van der Waals surface area contributed by atoms with E-state index in [1.54, 1.807) is 0 Å². The second kappa shape index (κ2) is 6.51. The first kappa shape index (κ1) is 11.1. The van der Waals surface area contributed by atoms with Crippen LogP contribution in [0.4, 0.5) is 0 Å². The Bertz CT molecular complexity index is 154. The van der Waals surface area contributed by atoms with E-state index in [1.165, 1.54) is 0 Å². The fourth-order valence-corrected chi connectivity index (χ4v) is 2.65. The molecule has 4 heteroatoms. The van der Waals surface area contributed by atoms with Crippen LogP contribution in [0.15, 0.2) is 0 Å². The zero-order chi connectivity index (χ0) is 9.52. The quantitative estimate of drug-likeness (QED) is 0.652. The Kier molecular flexibility index (Phi) is 5.58. The van der Waals surface area contributed by atoms with Crippen LogP contribution < -0.4 is 0 Å². The lowest BCUT2D eigenvalue weighted by atomic mass is 10.2. The van der Waals surface area contributed by atoms with Crippen molar-refractivity contribution in [3.8, 4) is 0 Å². The van der Waals surface area contributed by atoms with E-state index in [9.17, 15) is 4.21 Å². The molecule has 0 aliphatic carbocycles. The summed E-state index contributed by atoms with van der Waals surface area (Å²) < 4.78 is 11.0. The molecule has 1 heterocycles. The summed E-state index contributed by atoms with van der Waals surface area (Å²) in [5, 5.41) is 8.58. The summed E-state index contributed by atoms with van der Waals surface area (Å²) in [6.07, 6.45) is 3.18. The molecule has 0 bridgehead atoms. The molecule has 0 radical (unpaired) electrons. The van der Waals surface area contributed by atoms with Gasteiger partial charge < -0.3 is 10.0 Å². The maximum Gasteiger partial charge on any atom is 0.0431 e. The van der Waals surface area contributed by atoms with Crippen molar-refractivity contribution in [3.05, 3.63) is 0 Å². The molecule has 0 unspecified atom stereocenters. The summed E-state index contributed by atoms with van der Waals surface area (Å²) in [6, 6.07) is 0. The van der Waals surface area contributed by atoms with Crippen molar-refractivity contribution in [1.82, 2.24) is 4.90 Å². The lowest BCUT2D eigenvalue weighted by Gasteiger charge is -2.25. The number of aliphatic hydroxyl groups is 1. The molecule has 78 valence electrons. The summed E-state index contributed by atoms with van der Waals surface area (Å²) in [6.45, 7) is 3.40. The van der Waals surface area contributed by atoms with Crippen LogP contribution in [-0.4, -0.2) is 52.0 Å². The molecule has 1 aliphatic heterocycles. The van der Waals surface area contributed by atoms with Gasteiger partial charge in [0.1, 0.15) is 0 Å². The van der Waals surface area contributed by atoms with Crippen LogP contribution >= 0.6 is 0 Å². The molecular formula is C9H19NO2S. The highest BCUT2D eigenvalue weighted by Crippen LogP contribution is 2.03. The Balaban J connectivity index is 1.99. The van der Waals surface area contributed by atoms with E-state index in [-0.39, 0.29) is 0 Å². The minimum atomic E-state index is -0.551. The van der Waals surface area contributed by atoms with Crippen LogP contribution in [0.5, 0.6) is 0 Å². The summed E-state index contributed by atoms with van der Waals surface area (Å²) in [4.78, 5) is 2.37. The van der Waals surface area contributed by atoms with Gasteiger partial charge in [0, 0.05) is 42.0 Å². The standard InChI is InChI=1S/C9H19NO2S/c11-7-3-1-2-4-10-5-8-13(12)9-6-10/h11H,1-9H2. The molecule has 1 aliphatic rings. The maximum absolute atomic E-state index is 11.0. The minimum absolute atomic E-state index is 0.310. The van der Waals surface area contributed by atoms with E-state index in [4.69, 9.17) is 5.11 Å². The Hall–Kier alpha value is 0.0700. The molecule has 13 heavy (non-hydrogen) atoms. The Morgan fingerprint density at radius 2 is 1.85 bits per heavy atom. The number of nitrogens with zero attached hydrogens (tertiary/aromatic N) is 1. The Morgan fingerprint density at radius 3 is 2.46 bits per heavy atom. The monoisotopic (exact) mass is 205 g/mol. The molecule has 1 fully saturated rings. The van der Waals surface area contributed by atoms with Gasteiger partial charge in [0.15, 0.2) is 0 Å². The third-order valence-electron chi connectivity index (χ3n) is 2.40. The molecule has 0 aromatic heterocycles. The molecule has 3 nitrogen and oxygen atoms in total. The van der Waals surface area contributed by atoms with Gasteiger partial charge in [0.05, 0.1) is 0 Å². The van der Waals surface area contributed by atoms with Crippen molar-refractivity contribution in [1.29, 1.82) is 0 Å². The number of aliphatic hydroxyl groups excluding tert-OH is 1. The van der Waals surface area contributed by atoms with Gasteiger partial charge in [-0.2, -0.15) is 0 Å². The molecule has 0 atom stereocenters. The van der Waals surface area contributed by atoms with Gasteiger partial charge in [-0.25, -0.2) is 0 Å². The first-order valence-corrected chi connectivity index (χ1v) is 6.50. The van der Waals surface area contributed by atoms with E-state index >= 15 is 0 Å². The average molecular weight is 205 g/mol. The fourth-order valence-electron chi connectivity index (χ4n) is 1.52. The van der Waals surface area contributed by atoms with E-state index in [2.05, 4.69) is 4.90 Å². The molecule has 1 saturated heterocycles. The van der Waals surface area contributed by atoms with Crippen molar-refractivity contribution in [2.45, 2.75) is 19.3 Å². The largest absolute Gasteiger partial charge is 0.396 e. The van der Waals surface area contributed by atoms with Crippen LogP contribution in [0.3, 0.4) is 0 Å². The Morgan fingerprint density at radius 1 is 1.15 bits per heavy atom. The van der Waals surface area contributed by atoms with Crippen LogP contribution in [0.2, 0.25) is 0 Å². The topological polar surface area (TPSA) is 40.5 Å². The highest BCUT2D eigenvalue weighted by atomic mass is 32.2. The Labute approximate surface area is 82.6 Å². The van der Waals surface area contributed by atoms with Crippen molar-refractivity contribution >= 4 is 10.8 Å². The summed E-state index contributed by atoms with van der Waals surface area (Å²) >= 11 is 0. The number of unbranched alkanes of at least 4 members (excludes halogenated alkanes) is 2. The van der Waals surface area contributed by atoms with Crippen molar-refractivity contribution in [3.63, 3.8) is 0 Å². The highest BCUT2D eigenvalue weighted by molar-refractivity contribution is 7.85. The number of rotatable bonds is 5. The molecule has 0 aromatic carbocycles. The second-order valence-corrected chi connectivity index (χ2v) is 5.17. The smallest absolute Gasteiger partial charge is 0.0431 e. The van der Waals surface area contributed by atoms with Crippen LogP contribution in [0, 0.1) is 0 Å². The van der Waals surface area contributed by atoms with E-state index in [0.717, 1.165) is 50.4 Å². The first-order chi connectivity index (χ1) is 6.33. The molecule has 1 rings (SSSR count). The zero-order valence-corrected chi connectivity index (χ0v) is 8.89. The predicted molar refractivity (Wildman–Crippen MR) is 55.3 cm³/mol. The number of hydrogen-bond donors (Lipinski definition) is 1. The van der Waals surface area contributed by atoms with Gasteiger partial charge in [0.2, 0.25) is 0 Å². The maximum atomic E-state index is 11.0. The van der Waals surface area contributed by atoms with Crippen molar-refractivity contribution < 1.29 is 9.32 Å². The molecule has 0 aromatic rings. The van der Waals surface area contributed by atoms with E-state index < -0.39 is 10.8 Å². The lowest BCUT2D eigenvalue weighted by Crippen LogP contribution is -2.38. The van der Waals surface area contributed by atoms with Gasteiger partial charge >= 0.3 is 0 Å². The van der Waals surface area contributed by atoms with Crippen molar-refractivity contribution in [2.75, 3.05) is 37.7 Å². The van der Waals surface area contributed by atoms with Crippen molar-refractivity contribution in [2.24, 2.45) is 0 Å². The first-order valence-electron chi connectivity index (χ1n) is 5.01.